The quantitative estimate of drug-likeness (QED) is 0.478. The maximum Gasteiger partial charge on any atom is 0.269 e. The average Bonchev–Trinajstić information content (AvgIpc) is 2.86. The van der Waals surface area contributed by atoms with Crippen LogP contribution < -0.4 is 10.9 Å². The van der Waals surface area contributed by atoms with E-state index < -0.39 is 15.9 Å². The van der Waals surface area contributed by atoms with Gasteiger partial charge in [-0.25, -0.2) is 12.7 Å². The molecule has 2 aromatic rings. The molecule has 2 N–H and O–H groups in total. The van der Waals surface area contributed by atoms with Gasteiger partial charge < -0.3 is 4.90 Å². The van der Waals surface area contributed by atoms with Crippen LogP contribution in [0.25, 0.3) is 6.08 Å². The van der Waals surface area contributed by atoms with Crippen LogP contribution in [-0.2, 0) is 19.6 Å². The van der Waals surface area contributed by atoms with Crippen molar-refractivity contribution in [2.75, 3.05) is 27.2 Å². The van der Waals surface area contributed by atoms with Crippen LogP contribution in [-0.4, -0.2) is 62.5 Å². The molecule has 1 heterocycles. The molecule has 0 bridgehead atoms. The number of nitrogens with zero attached hydrogens (tertiary/aromatic N) is 2. The number of hydrogen-bond acceptors (Lipinski definition) is 5. The van der Waals surface area contributed by atoms with Gasteiger partial charge in [-0.15, -0.1) is 0 Å². The number of sulfonamides is 1. The number of benzene rings is 2. The molecule has 180 valence electrons. The lowest BCUT2D eigenvalue weighted by molar-refractivity contribution is -0.132. The Labute approximate surface area is 199 Å². The first-order valence-corrected chi connectivity index (χ1v) is 12.3. The molecule has 3 amide bonds. The first-order chi connectivity index (χ1) is 16.2. The second kappa shape index (κ2) is 11.1. The average molecular weight is 485 g/mol. The molecule has 0 saturated carbocycles. The van der Waals surface area contributed by atoms with Crippen LogP contribution in [0.5, 0.6) is 0 Å². The molecule has 0 aliphatic carbocycles. The van der Waals surface area contributed by atoms with Crippen LogP contribution in [0.1, 0.15) is 28.8 Å². The van der Waals surface area contributed by atoms with E-state index in [1.54, 1.807) is 11.0 Å². The molecule has 0 atom stereocenters. The predicted octanol–water partition coefficient (Wildman–Crippen LogP) is 1.65. The zero-order chi connectivity index (χ0) is 24.7. The summed E-state index contributed by atoms with van der Waals surface area (Å²) in [7, 11) is -0.878. The molecule has 34 heavy (non-hydrogen) atoms. The van der Waals surface area contributed by atoms with Crippen molar-refractivity contribution in [3.05, 3.63) is 71.8 Å². The summed E-state index contributed by atoms with van der Waals surface area (Å²) in [5.74, 6) is -1.42. The van der Waals surface area contributed by atoms with Gasteiger partial charge in [0.1, 0.15) is 0 Å². The molecule has 0 unspecified atom stereocenters. The Hall–Kier alpha value is -3.50. The first-order valence-electron chi connectivity index (χ1n) is 10.8. The highest BCUT2D eigenvalue weighted by Crippen LogP contribution is 2.18. The largest absolute Gasteiger partial charge is 0.339 e. The zero-order valence-corrected chi connectivity index (χ0v) is 19.9. The van der Waals surface area contributed by atoms with Gasteiger partial charge in [0.2, 0.25) is 21.8 Å². The first kappa shape index (κ1) is 25.1. The summed E-state index contributed by atoms with van der Waals surface area (Å²) in [6.07, 6.45) is 4.24. The van der Waals surface area contributed by atoms with Crippen LogP contribution in [0.3, 0.4) is 0 Å². The second-order valence-electron chi connectivity index (χ2n) is 8.10. The molecule has 2 aromatic carbocycles. The molecule has 1 fully saturated rings. The third-order valence-electron chi connectivity index (χ3n) is 5.57. The van der Waals surface area contributed by atoms with Gasteiger partial charge in [-0.2, -0.15) is 0 Å². The maximum atomic E-state index is 12.5. The molecule has 0 spiro atoms. The molecule has 1 aliphatic rings. The molecular formula is C24H28N4O5S. The highest BCUT2D eigenvalue weighted by atomic mass is 32.2. The monoisotopic (exact) mass is 484 g/mol. The van der Waals surface area contributed by atoms with E-state index in [4.69, 9.17) is 0 Å². The number of piperidine rings is 1. The van der Waals surface area contributed by atoms with Crippen LogP contribution in [0.15, 0.2) is 65.6 Å². The Balaban J connectivity index is 1.49. The lowest BCUT2D eigenvalue weighted by Gasteiger charge is -2.30. The van der Waals surface area contributed by atoms with E-state index in [1.165, 1.54) is 44.4 Å². The van der Waals surface area contributed by atoms with Gasteiger partial charge in [0.25, 0.3) is 5.91 Å². The number of rotatable bonds is 6. The zero-order valence-electron chi connectivity index (χ0n) is 19.1. The standard InChI is InChI=1S/C24H28N4O5S/c1-27(2)34(32,33)21-10-6-9-20(17-21)24(31)26-25-23(30)19-13-15-28(16-14-19)22(29)12-11-18-7-4-3-5-8-18/h3-12,17,19H,13-16H2,1-2H3,(H,25,30)(H,26,31)/b12-11+. The van der Waals surface area contributed by atoms with E-state index in [0.717, 1.165) is 9.87 Å². The maximum absolute atomic E-state index is 12.5. The summed E-state index contributed by atoms with van der Waals surface area (Å²) in [5, 5.41) is 0. The lowest BCUT2D eigenvalue weighted by Crippen LogP contribution is -2.48. The van der Waals surface area contributed by atoms with Gasteiger partial charge in [-0.3, -0.25) is 25.2 Å². The van der Waals surface area contributed by atoms with Crippen LogP contribution in [0.2, 0.25) is 0 Å². The van der Waals surface area contributed by atoms with Crippen molar-refractivity contribution in [3.8, 4) is 0 Å². The van der Waals surface area contributed by atoms with Crippen molar-refractivity contribution in [2.45, 2.75) is 17.7 Å². The van der Waals surface area contributed by atoms with E-state index in [2.05, 4.69) is 10.9 Å². The fourth-order valence-electron chi connectivity index (χ4n) is 3.50. The summed E-state index contributed by atoms with van der Waals surface area (Å²) in [5.41, 5.74) is 5.79. The fraction of sp³-hybridized carbons (Fsp3) is 0.292. The van der Waals surface area contributed by atoms with E-state index >= 15 is 0 Å². The van der Waals surface area contributed by atoms with Crippen LogP contribution in [0.4, 0.5) is 0 Å². The van der Waals surface area contributed by atoms with Gasteiger partial charge in [0.15, 0.2) is 0 Å². The Morgan fingerprint density at radius 1 is 0.971 bits per heavy atom. The van der Waals surface area contributed by atoms with Crippen molar-refractivity contribution in [1.29, 1.82) is 0 Å². The summed E-state index contributed by atoms with van der Waals surface area (Å²) < 4.78 is 25.6. The van der Waals surface area contributed by atoms with Crippen LogP contribution >= 0.6 is 0 Å². The highest BCUT2D eigenvalue weighted by Gasteiger charge is 2.27. The molecule has 10 heteroatoms. The third kappa shape index (κ3) is 6.30. The van der Waals surface area contributed by atoms with E-state index in [1.807, 2.05) is 30.3 Å². The van der Waals surface area contributed by atoms with Gasteiger partial charge in [0, 0.05) is 44.7 Å². The van der Waals surface area contributed by atoms with Gasteiger partial charge in [0.05, 0.1) is 4.90 Å². The highest BCUT2D eigenvalue weighted by molar-refractivity contribution is 7.89. The molecule has 3 rings (SSSR count). The smallest absolute Gasteiger partial charge is 0.269 e. The van der Waals surface area contributed by atoms with Crippen molar-refractivity contribution >= 4 is 33.8 Å². The molecule has 9 nitrogen and oxygen atoms in total. The number of hydrogen-bond donors (Lipinski definition) is 2. The van der Waals surface area contributed by atoms with Crippen molar-refractivity contribution in [3.63, 3.8) is 0 Å². The number of carbonyl (C=O) groups excluding carboxylic acids is 3. The SMILES string of the molecule is CN(C)S(=O)(=O)c1cccc(C(=O)NNC(=O)C2CCN(C(=O)/C=C/c3ccccc3)CC2)c1. The minimum absolute atomic E-state index is 0.0187. The summed E-state index contributed by atoms with van der Waals surface area (Å²) >= 11 is 0. The Bertz CT molecular complexity index is 1170. The normalized spacial score (nSPS) is 14.9. The second-order valence-corrected chi connectivity index (χ2v) is 10.3. The predicted molar refractivity (Wildman–Crippen MR) is 128 cm³/mol. The van der Waals surface area contributed by atoms with Crippen molar-refractivity contribution < 1.29 is 22.8 Å². The van der Waals surface area contributed by atoms with Crippen molar-refractivity contribution in [2.24, 2.45) is 5.92 Å². The Morgan fingerprint density at radius 3 is 2.29 bits per heavy atom. The Kier molecular flexibility index (Phi) is 8.19. The minimum atomic E-state index is -3.68. The molecular weight excluding hydrogens is 456 g/mol. The van der Waals surface area contributed by atoms with Gasteiger partial charge >= 0.3 is 0 Å². The van der Waals surface area contributed by atoms with Gasteiger partial charge in [-0.05, 0) is 42.7 Å². The molecule has 1 aliphatic heterocycles. The van der Waals surface area contributed by atoms with E-state index in [9.17, 15) is 22.8 Å². The Morgan fingerprint density at radius 2 is 1.65 bits per heavy atom. The number of carbonyl (C=O) groups is 3. The molecule has 0 aromatic heterocycles. The fourth-order valence-corrected chi connectivity index (χ4v) is 4.45. The number of likely N-dealkylation sites (tertiary alicyclic amines) is 1. The lowest BCUT2D eigenvalue weighted by atomic mass is 9.96. The number of hydrazine groups is 1. The minimum Gasteiger partial charge on any atom is -0.339 e. The summed E-state index contributed by atoms with van der Waals surface area (Å²) in [6.45, 7) is 0.878. The molecule has 1 saturated heterocycles. The van der Waals surface area contributed by atoms with Crippen molar-refractivity contribution in [1.82, 2.24) is 20.1 Å². The van der Waals surface area contributed by atoms with Gasteiger partial charge in [-0.1, -0.05) is 36.4 Å². The van der Waals surface area contributed by atoms with E-state index in [0.29, 0.717) is 25.9 Å². The van der Waals surface area contributed by atoms with Crippen LogP contribution in [0, 0.1) is 5.92 Å². The number of amides is 3. The topological polar surface area (TPSA) is 116 Å². The molecule has 0 radical (unpaired) electrons. The summed E-state index contributed by atoms with van der Waals surface area (Å²) in [4.78, 5) is 39.0. The summed E-state index contributed by atoms with van der Waals surface area (Å²) in [6, 6.07) is 15.1. The van der Waals surface area contributed by atoms with E-state index in [-0.39, 0.29) is 28.2 Å². The number of nitrogens with one attached hydrogen (secondary N) is 2. The third-order valence-corrected chi connectivity index (χ3v) is 7.38.